The highest BCUT2D eigenvalue weighted by molar-refractivity contribution is 5.84. The van der Waals surface area contributed by atoms with E-state index in [2.05, 4.69) is 5.32 Å². The quantitative estimate of drug-likeness (QED) is 0.617. The number of hydrogen-bond donors (Lipinski definition) is 2. The van der Waals surface area contributed by atoms with Crippen LogP contribution in [0, 0.1) is 5.92 Å². The van der Waals surface area contributed by atoms with Crippen LogP contribution >= 0.6 is 0 Å². The molecule has 0 aliphatic rings. The largest absolute Gasteiger partial charge is 0.345 e. The van der Waals surface area contributed by atoms with Gasteiger partial charge in [-0.25, -0.2) is 0 Å². The van der Waals surface area contributed by atoms with Crippen LogP contribution in [-0.2, 0) is 9.59 Å². The maximum Gasteiger partial charge on any atom is 0.237 e. The third kappa shape index (κ3) is 6.23. The maximum atomic E-state index is 11.5. The third-order valence-corrected chi connectivity index (χ3v) is 2.15. The lowest BCUT2D eigenvalue weighted by molar-refractivity contribution is -0.125. The Balaban J connectivity index is 4.03. The zero-order valence-electron chi connectivity index (χ0n) is 9.82. The van der Waals surface area contributed by atoms with Gasteiger partial charge in [0.05, 0.1) is 12.1 Å². The van der Waals surface area contributed by atoms with Crippen molar-refractivity contribution in [2.24, 2.45) is 11.7 Å². The van der Waals surface area contributed by atoms with Gasteiger partial charge in [-0.05, 0) is 18.8 Å². The Hall–Kier alpha value is -0.900. The van der Waals surface area contributed by atoms with Gasteiger partial charge in [-0.3, -0.25) is 4.79 Å². The second-order valence-corrected chi connectivity index (χ2v) is 4.28. The Morgan fingerprint density at radius 2 is 2.07 bits per heavy atom. The van der Waals surface area contributed by atoms with E-state index < -0.39 is 6.04 Å². The highest BCUT2D eigenvalue weighted by Gasteiger charge is 2.17. The Morgan fingerprint density at radius 3 is 2.47 bits per heavy atom. The average Bonchev–Trinajstić information content (AvgIpc) is 2.15. The molecule has 0 spiro atoms. The number of amides is 1. The van der Waals surface area contributed by atoms with Gasteiger partial charge in [-0.15, -0.1) is 0 Å². The summed E-state index contributed by atoms with van der Waals surface area (Å²) in [6.07, 6.45) is 2.94. The van der Waals surface area contributed by atoms with Crippen LogP contribution in [0.5, 0.6) is 0 Å². The van der Waals surface area contributed by atoms with E-state index >= 15 is 0 Å². The summed E-state index contributed by atoms with van der Waals surface area (Å²) in [7, 11) is 0. The second kappa shape index (κ2) is 7.40. The first-order chi connectivity index (χ1) is 7.01. The van der Waals surface area contributed by atoms with Crippen molar-refractivity contribution in [2.45, 2.75) is 52.1 Å². The van der Waals surface area contributed by atoms with Gasteiger partial charge < -0.3 is 15.8 Å². The molecule has 0 unspecified atom stereocenters. The molecule has 0 aliphatic carbocycles. The summed E-state index contributed by atoms with van der Waals surface area (Å²) in [4.78, 5) is 22.1. The third-order valence-electron chi connectivity index (χ3n) is 2.15. The number of carbonyl (C=O) groups is 2. The van der Waals surface area contributed by atoms with Gasteiger partial charge in [-0.2, -0.15) is 0 Å². The first kappa shape index (κ1) is 14.1. The van der Waals surface area contributed by atoms with Crippen molar-refractivity contribution in [2.75, 3.05) is 0 Å². The monoisotopic (exact) mass is 214 g/mol. The first-order valence-electron chi connectivity index (χ1n) is 5.52. The van der Waals surface area contributed by atoms with E-state index in [1.165, 1.54) is 0 Å². The molecule has 0 aliphatic heterocycles. The number of nitrogens with one attached hydrogen (secondary N) is 1. The van der Waals surface area contributed by atoms with Crippen molar-refractivity contribution in [3.63, 3.8) is 0 Å². The molecule has 0 bridgehead atoms. The minimum absolute atomic E-state index is 0.228. The van der Waals surface area contributed by atoms with Gasteiger partial charge in [0, 0.05) is 0 Å². The minimum Gasteiger partial charge on any atom is -0.345 e. The fourth-order valence-electron chi connectivity index (χ4n) is 1.39. The molecule has 0 radical (unpaired) electrons. The zero-order valence-corrected chi connectivity index (χ0v) is 9.82. The van der Waals surface area contributed by atoms with Crippen LogP contribution in [0.15, 0.2) is 0 Å². The van der Waals surface area contributed by atoms with Crippen molar-refractivity contribution in [3.8, 4) is 0 Å². The molecule has 1 amide bonds. The predicted octanol–water partition coefficient (Wildman–Crippen LogP) is 0.844. The molecule has 0 aromatic rings. The molecule has 4 nitrogen and oxygen atoms in total. The van der Waals surface area contributed by atoms with Gasteiger partial charge in [-0.1, -0.05) is 27.2 Å². The molecular weight excluding hydrogens is 192 g/mol. The maximum absolute atomic E-state index is 11.5. The molecule has 0 aromatic heterocycles. The summed E-state index contributed by atoms with van der Waals surface area (Å²) in [5.74, 6) is 0.154. The van der Waals surface area contributed by atoms with E-state index in [9.17, 15) is 9.59 Å². The van der Waals surface area contributed by atoms with Crippen LogP contribution in [0.4, 0.5) is 0 Å². The van der Waals surface area contributed by atoms with Crippen molar-refractivity contribution in [1.29, 1.82) is 0 Å². The van der Waals surface area contributed by atoms with Crippen molar-refractivity contribution >= 4 is 12.2 Å². The van der Waals surface area contributed by atoms with Crippen molar-refractivity contribution in [3.05, 3.63) is 0 Å². The summed E-state index contributed by atoms with van der Waals surface area (Å²) in [6, 6.07) is -0.898. The number of rotatable bonds is 7. The fraction of sp³-hybridized carbons (Fsp3) is 0.818. The smallest absolute Gasteiger partial charge is 0.237 e. The van der Waals surface area contributed by atoms with Crippen molar-refractivity contribution in [1.82, 2.24) is 5.32 Å². The van der Waals surface area contributed by atoms with E-state index in [1.807, 2.05) is 20.8 Å². The van der Waals surface area contributed by atoms with E-state index in [0.717, 1.165) is 12.7 Å². The topological polar surface area (TPSA) is 72.2 Å². The standard InChI is InChI=1S/C11H22N2O2/c1-4-5-9(7-14)13-11(15)10(12)6-8(2)3/h7-10H,4-6,12H2,1-3H3,(H,13,15)/t9-,10-/m0/s1. The highest BCUT2D eigenvalue weighted by atomic mass is 16.2. The van der Waals surface area contributed by atoms with Gasteiger partial charge in [0.15, 0.2) is 0 Å². The molecule has 15 heavy (non-hydrogen) atoms. The highest BCUT2D eigenvalue weighted by Crippen LogP contribution is 2.03. The summed E-state index contributed by atoms with van der Waals surface area (Å²) >= 11 is 0. The molecule has 2 atom stereocenters. The Morgan fingerprint density at radius 1 is 1.47 bits per heavy atom. The van der Waals surface area contributed by atoms with E-state index in [-0.39, 0.29) is 11.9 Å². The molecule has 0 heterocycles. The van der Waals surface area contributed by atoms with Gasteiger partial charge in [0.25, 0.3) is 0 Å². The molecule has 0 rings (SSSR count). The Labute approximate surface area is 91.6 Å². The Kier molecular flexibility index (Phi) is 6.96. The van der Waals surface area contributed by atoms with Crippen LogP contribution in [0.25, 0.3) is 0 Å². The van der Waals surface area contributed by atoms with Crippen LogP contribution in [0.1, 0.15) is 40.0 Å². The summed E-state index contributed by atoms with van der Waals surface area (Å²) in [5.41, 5.74) is 5.69. The van der Waals surface area contributed by atoms with E-state index in [0.29, 0.717) is 18.8 Å². The van der Waals surface area contributed by atoms with Crippen molar-refractivity contribution < 1.29 is 9.59 Å². The first-order valence-corrected chi connectivity index (χ1v) is 5.52. The molecule has 4 heteroatoms. The van der Waals surface area contributed by atoms with Crippen LogP contribution in [0.2, 0.25) is 0 Å². The van der Waals surface area contributed by atoms with Crippen LogP contribution < -0.4 is 11.1 Å². The van der Waals surface area contributed by atoms with Gasteiger partial charge >= 0.3 is 0 Å². The van der Waals surface area contributed by atoms with E-state index in [1.54, 1.807) is 0 Å². The van der Waals surface area contributed by atoms with E-state index in [4.69, 9.17) is 5.73 Å². The fourth-order valence-corrected chi connectivity index (χ4v) is 1.39. The molecule has 0 saturated carbocycles. The molecule has 0 fully saturated rings. The molecule has 0 saturated heterocycles. The summed E-state index contributed by atoms with van der Waals surface area (Å²) in [6.45, 7) is 5.99. The number of aldehydes is 1. The van der Waals surface area contributed by atoms with Crippen LogP contribution in [0.3, 0.4) is 0 Å². The average molecular weight is 214 g/mol. The lowest BCUT2D eigenvalue weighted by Gasteiger charge is -2.17. The van der Waals surface area contributed by atoms with Gasteiger partial charge in [0.2, 0.25) is 5.91 Å². The lowest BCUT2D eigenvalue weighted by Crippen LogP contribution is -2.46. The number of hydrogen-bond acceptors (Lipinski definition) is 3. The Bertz CT molecular complexity index is 205. The second-order valence-electron chi connectivity index (χ2n) is 4.28. The SMILES string of the molecule is CCC[C@@H](C=O)NC(=O)[C@@H](N)CC(C)C. The summed E-state index contributed by atoms with van der Waals surface area (Å²) < 4.78 is 0. The lowest BCUT2D eigenvalue weighted by atomic mass is 10.0. The van der Waals surface area contributed by atoms with Crippen LogP contribution in [-0.4, -0.2) is 24.3 Å². The minimum atomic E-state index is -0.510. The predicted molar refractivity (Wildman–Crippen MR) is 60.3 cm³/mol. The molecular formula is C11H22N2O2. The summed E-state index contributed by atoms with van der Waals surface area (Å²) in [5, 5.41) is 2.64. The molecule has 88 valence electrons. The number of nitrogens with two attached hydrogens (primary N) is 1. The number of carbonyl (C=O) groups excluding carboxylic acids is 2. The normalized spacial score (nSPS) is 14.7. The zero-order chi connectivity index (χ0) is 11.8. The molecule has 0 aromatic carbocycles. The van der Waals surface area contributed by atoms with Gasteiger partial charge in [0.1, 0.15) is 6.29 Å². The molecule has 3 N–H and O–H groups in total.